The van der Waals surface area contributed by atoms with Gasteiger partial charge in [-0.3, -0.25) is 4.68 Å². The summed E-state index contributed by atoms with van der Waals surface area (Å²) in [5.74, 6) is 0.244. The molecule has 5 aromatic carbocycles. The van der Waals surface area contributed by atoms with Crippen LogP contribution in [-0.2, 0) is 6.42 Å². The zero-order valence-corrected chi connectivity index (χ0v) is 24.0. The molecule has 0 atom stereocenters. The summed E-state index contributed by atoms with van der Waals surface area (Å²) < 4.78 is 2.07. The van der Waals surface area contributed by atoms with Gasteiger partial charge in [0.15, 0.2) is 0 Å². The first-order valence-corrected chi connectivity index (χ1v) is 14.0. The molecule has 0 radical (unpaired) electrons. The molecule has 42 heavy (non-hydrogen) atoms. The number of hydrogen-bond donors (Lipinski definition) is 2. The Hall–Kier alpha value is -5.36. The third-order valence-corrected chi connectivity index (χ3v) is 7.48. The molecule has 1 aromatic heterocycles. The van der Waals surface area contributed by atoms with Crippen molar-refractivity contribution in [3.05, 3.63) is 131 Å². The molecule has 0 unspecified atom stereocenters. The normalized spacial score (nSPS) is 12.5. The van der Waals surface area contributed by atoms with E-state index in [0.717, 1.165) is 66.9 Å². The van der Waals surface area contributed by atoms with Gasteiger partial charge in [-0.15, -0.1) is 5.11 Å². The van der Waals surface area contributed by atoms with Crippen LogP contribution in [0.4, 0.5) is 17.1 Å². The molecule has 0 bridgehead atoms. The maximum atomic E-state index is 10.3. The Labute approximate surface area is 245 Å². The lowest BCUT2D eigenvalue weighted by Gasteiger charge is -2.11. The molecule has 0 aliphatic carbocycles. The van der Waals surface area contributed by atoms with E-state index in [0.29, 0.717) is 0 Å². The zero-order valence-electron chi connectivity index (χ0n) is 24.0. The Morgan fingerprint density at radius 1 is 0.810 bits per heavy atom. The SMILES string of the molecule is CNn1c(=C\Cc2ccc(N=Nc3cccc4ccccc34)cc2)/c(=C\c2ccc(N(C)C)cc2)c2cc(O)ccc21. The van der Waals surface area contributed by atoms with Gasteiger partial charge in [0.05, 0.1) is 22.2 Å². The van der Waals surface area contributed by atoms with Gasteiger partial charge >= 0.3 is 0 Å². The predicted molar refractivity (Wildman–Crippen MR) is 175 cm³/mol. The number of nitrogens with zero attached hydrogens (tertiary/aromatic N) is 4. The first kappa shape index (κ1) is 26.8. The van der Waals surface area contributed by atoms with Gasteiger partial charge < -0.3 is 15.4 Å². The van der Waals surface area contributed by atoms with E-state index < -0.39 is 0 Å². The molecular formula is C36H33N5O. The standard InChI is InChI=1S/C36H33N5O/c1-37-41-35(32(33-24-30(42)20-22-36(33)41)23-26-13-18-29(19-14-26)40(2)3)21-15-25-11-16-28(17-12-25)38-39-34-10-6-8-27-7-4-5-9-31(27)34/h4-14,16-24,37,42H,15H2,1-3H3/b32-23-,35-21-,39-38?. The van der Waals surface area contributed by atoms with Crippen molar-refractivity contribution in [2.75, 3.05) is 31.5 Å². The van der Waals surface area contributed by atoms with Crippen LogP contribution in [0.5, 0.6) is 5.75 Å². The minimum atomic E-state index is 0.244. The highest BCUT2D eigenvalue weighted by Crippen LogP contribution is 2.27. The van der Waals surface area contributed by atoms with Gasteiger partial charge in [-0.25, -0.2) is 0 Å². The summed E-state index contributed by atoms with van der Waals surface area (Å²) in [4.78, 5) is 2.09. The van der Waals surface area contributed by atoms with Crippen LogP contribution in [0.2, 0.25) is 0 Å². The quantitative estimate of drug-likeness (QED) is 0.210. The van der Waals surface area contributed by atoms with Crippen LogP contribution in [-0.4, -0.2) is 30.9 Å². The smallest absolute Gasteiger partial charge is 0.116 e. The first-order chi connectivity index (χ1) is 20.5. The van der Waals surface area contributed by atoms with Crippen molar-refractivity contribution in [2.24, 2.45) is 10.2 Å². The van der Waals surface area contributed by atoms with Gasteiger partial charge in [-0.2, -0.15) is 5.11 Å². The Balaban J connectivity index is 1.34. The average molecular weight is 552 g/mol. The summed E-state index contributed by atoms with van der Waals surface area (Å²) in [6, 6.07) is 36.4. The highest BCUT2D eigenvalue weighted by molar-refractivity contribution is 5.92. The fourth-order valence-electron chi connectivity index (χ4n) is 5.27. The molecule has 0 aliphatic heterocycles. The lowest BCUT2D eigenvalue weighted by Crippen LogP contribution is -2.33. The number of fused-ring (bicyclic) bond motifs is 2. The molecule has 0 saturated heterocycles. The zero-order chi connectivity index (χ0) is 29.1. The van der Waals surface area contributed by atoms with Crippen LogP contribution in [0.25, 0.3) is 33.8 Å². The molecule has 6 aromatic rings. The minimum Gasteiger partial charge on any atom is -0.508 e. The summed E-state index contributed by atoms with van der Waals surface area (Å²) in [6.45, 7) is 0. The predicted octanol–water partition coefficient (Wildman–Crippen LogP) is 7.01. The number of hydrogen-bond acceptors (Lipinski definition) is 5. The number of phenolic OH excluding ortho intramolecular Hbond substituents is 1. The maximum Gasteiger partial charge on any atom is 0.116 e. The van der Waals surface area contributed by atoms with Gasteiger partial charge in [0, 0.05) is 42.8 Å². The molecule has 6 heteroatoms. The van der Waals surface area contributed by atoms with E-state index in [1.54, 1.807) is 6.07 Å². The van der Waals surface area contributed by atoms with Crippen molar-refractivity contribution in [2.45, 2.75) is 6.42 Å². The van der Waals surface area contributed by atoms with E-state index in [-0.39, 0.29) is 5.75 Å². The van der Waals surface area contributed by atoms with Crippen LogP contribution in [0.1, 0.15) is 11.1 Å². The summed E-state index contributed by atoms with van der Waals surface area (Å²) in [7, 11) is 5.99. The maximum absolute atomic E-state index is 10.3. The summed E-state index contributed by atoms with van der Waals surface area (Å²) in [6.07, 6.45) is 5.13. The molecule has 0 aliphatic rings. The lowest BCUT2D eigenvalue weighted by atomic mass is 10.1. The molecule has 0 fully saturated rings. The van der Waals surface area contributed by atoms with Crippen LogP contribution in [0, 0.1) is 0 Å². The van der Waals surface area contributed by atoms with E-state index in [9.17, 15) is 5.11 Å². The third-order valence-electron chi connectivity index (χ3n) is 7.48. The summed E-state index contributed by atoms with van der Waals surface area (Å²) in [5.41, 5.74) is 9.40. The summed E-state index contributed by atoms with van der Waals surface area (Å²) >= 11 is 0. The monoisotopic (exact) mass is 551 g/mol. The topological polar surface area (TPSA) is 65.2 Å². The lowest BCUT2D eigenvalue weighted by molar-refractivity contribution is 0.476. The number of anilines is 1. The van der Waals surface area contributed by atoms with E-state index >= 15 is 0 Å². The van der Waals surface area contributed by atoms with Crippen molar-refractivity contribution in [3.8, 4) is 5.75 Å². The first-order valence-electron chi connectivity index (χ1n) is 14.0. The molecule has 0 amide bonds. The van der Waals surface area contributed by atoms with Gasteiger partial charge in [0.1, 0.15) is 5.75 Å². The minimum absolute atomic E-state index is 0.244. The van der Waals surface area contributed by atoms with Crippen LogP contribution < -0.4 is 20.9 Å². The molecule has 2 N–H and O–H groups in total. The Kier molecular flexibility index (Phi) is 7.43. The van der Waals surface area contributed by atoms with Crippen molar-refractivity contribution in [3.63, 3.8) is 0 Å². The van der Waals surface area contributed by atoms with Gasteiger partial charge in [-0.05, 0) is 77.5 Å². The largest absolute Gasteiger partial charge is 0.508 e. The number of azo groups is 1. The molecule has 0 saturated carbocycles. The molecule has 6 rings (SSSR count). The second-order valence-electron chi connectivity index (χ2n) is 10.5. The Bertz CT molecular complexity index is 2020. The van der Waals surface area contributed by atoms with Crippen LogP contribution in [0.15, 0.2) is 119 Å². The molecular weight excluding hydrogens is 518 g/mol. The Morgan fingerprint density at radius 3 is 2.33 bits per heavy atom. The number of benzene rings is 5. The van der Waals surface area contributed by atoms with Gasteiger partial charge in [-0.1, -0.05) is 66.7 Å². The van der Waals surface area contributed by atoms with Crippen molar-refractivity contribution in [1.82, 2.24) is 4.68 Å². The van der Waals surface area contributed by atoms with E-state index in [4.69, 9.17) is 0 Å². The highest BCUT2D eigenvalue weighted by atomic mass is 16.3. The van der Waals surface area contributed by atoms with Crippen molar-refractivity contribution < 1.29 is 5.11 Å². The van der Waals surface area contributed by atoms with Crippen LogP contribution >= 0.6 is 0 Å². The van der Waals surface area contributed by atoms with Crippen LogP contribution in [0.3, 0.4) is 0 Å². The number of nitrogens with one attached hydrogen (secondary N) is 1. The third kappa shape index (κ3) is 5.47. The van der Waals surface area contributed by atoms with E-state index in [1.807, 2.05) is 69.7 Å². The number of aromatic nitrogens is 1. The highest BCUT2D eigenvalue weighted by Gasteiger charge is 2.09. The van der Waals surface area contributed by atoms with E-state index in [2.05, 4.69) is 92.0 Å². The molecule has 208 valence electrons. The van der Waals surface area contributed by atoms with Crippen molar-refractivity contribution >= 4 is 50.9 Å². The number of rotatable bonds is 7. The second kappa shape index (κ2) is 11.6. The average Bonchev–Trinajstić information content (AvgIpc) is 3.30. The molecule has 6 nitrogen and oxygen atoms in total. The molecule has 1 heterocycles. The summed E-state index contributed by atoms with van der Waals surface area (Å²) in [5, 5.41) is 24.6. The van der Waals surface area contributed by atoms with Gasteiger partial charge in [0.25, 0.3) is 0 Å². The van der Waals surface area contributed by atoms with Gasteiger partial charge in [0.2, 0.25) is 0 Å². The fourth-order valence-corrected chi connectivity index (χ4v) is 5.27. The van der Waals surface area contributed by atoms with Crippen molar-refractivity contribution in [1.29, 1.82) is 0 Å². The fraction of sp³-hybridized carbons (Fsp3) is 0.111. The number of aromatic hydroxyl groups is 1. The molecule has 0 spiro atoms. The van der Waals surface area contributed by atoms with E-state index in [1.165, 1.54) is 0 Å². The number of phenols is 1. The second-order valence-corrected chi connectivity index (χ2v) is 10.5. The Morgan fingerprint density at radius 2 is 1.57 bits per heavy atom.